The number of hydrogen-bond donors (Lipinski definition) is 2. The van der Waals surface area contributed by atoms with E-state index in [-0.39, 0.29) is 23.4 Å². The zero-order valence-electron chi connectivity index (χ0n) is 14.7. The number of halogens is 1. The smallest absolute Gasteiger partial charge is 0.274 e. The van der Waals surface area contributed by atoms with Crippen molar-refractivity contribution in [1.82, 2.24) is 20.6 Å². The largest absolute Gasteiger partial charge is 0.288 e. The third kappa shape index (κ3) is 4.15. The lowest BCUT2D eigenvalue weighted by atomic mass is 10.1. The van der Waals surface area contributed by atoms with Gasteiger partial charge in [0.05, 0.1) is 19.0 Å². The number of sulfonamides is 1. The van der Waals surface area contributed by atoms with Crippen molar-refractivity contribution in [3.8, 4) is 11.3 Å². The van der Waals surface area contributed by atoms with Crippen molar-refractivity contribution < 1.29 is 22.8 Å². The number of aromatic nitrogens is 3. The molecule has 0 radical (unpaired) electrons. The molecule has 0 spiro atoms. The van der Waals surface area contributed by atoms with Crippen molar-refractivity contribution in [2.75, 3.05) is 10.7 Å². The van der Waals surface area contributed by atoms with E-state index in [1.54, 1.807) is 6.07 Å². The second-order valence-electron chi connectivity index (χ2n) is 5.89. The number of nitrogens with one attached hydrogen (secondary N) is 1. The van der Waals surface area contributed by atoms with Crippen molar-refractivity contribution >= 4 is 15.9 Å². The van der Waals surface area contributed by atoms with Gasteiger partial charge in [-0.2, -0.15) is 4.41 Å². The lowest BCUT2D eigenvalue weighted by molar-refractivity contribution is 0.0706. The first-order valence-corrected chi connectivity index (χ1v) is 9.83. The predicted octanol–water partition coefficient (Wildman–Crippen LogP) is 1.30. The molecule has 11 heteroatoms. The Morgan fingerprint density at radius 3 is 2.50 bits per heavy atom. The molecule has 0 bridgehead atoms. The number of amides is 1. The standard InChI is InChI=1S/C17H16FN5O4S/c1-28(26,27)23(10-12-6-8-13(9-7-12)17(24)20-25)22-11-16(19-21-22)14-4-2-3-5-15(14)18/h2-9,11,25H,10H2,1H3,(H,20,24). The molecule has 1 heterocycles. The van der Waals surface area contributed by atoms with Gasteiger partial charge in [0.15, 0.2) is 0 Å². The molecule has 0 atom stereocenters. The second kappa shape index (κ2) is 7.74. The Hall–Kier alpha value is -3.31. The van der Waals surface area contributed by atoms with E-state index in [1.165, 1.54) is 54.1 Å². The summed E-state index contributed by atoms with van der Waals surface area (Å²) in [6.45, 7) is -0.0973. The summed E-state index contributed by atoms with van der Waals surface area (Å²) < 4.78 is 39.4. The van der Waals surface area contributed by atoms with Gasteiger partial charge >= 0.3 is 0 Å². The zero-order chi connectivity index (χ0) is 20.3. The van der Waals surface area contributed by atoms with Crippen molar-refractivity contribution in [2.24, 2.45) is 0 Å². The topological polar surface area (TPSA) is 117 Å². The van der Waals surface area contributed by atoms with E-state index in [0.717, 1.165) is 15.5 Å². The second-order valence-corrected chi connectivity index (χ2v) is 7.77. The van der Waals surface area contributed by atoms with Crippen LogP contribution in [0.5, 0.6) is 0 Å². The van der Waals surface area contributed by atoms with E-state index in [2.05, 4.69) is 10.3 Å². The molecule has 146 valence electrons. The Morgan fingerprint density at radius 1 is 1.21 bits per heavy atom. The Bertz CT molecular complexity index is 1100. The molecule has 0 aliphatic rings. The van der Waals surface area contributed by atoms with Gasteiger partial charge < -0.3 is 0 Å². The maximum atomic E-state index is 13.9. The molecule has 3 rings (SSSR count). The lowest BCUT2D eigenvalue weighted by Crippen LogP contribution is -2.39. The number of hydrogen-bond acceptors (Lipinski definition) is 6. The highest BCUT2D eigenvalue weighted by atomic mass is 32.2. The molecule has 0 aliphatic heterocycles. The first-order valence-electron chi connectivity index (χ1n) is 7.98. The highest BCUT2D eigenvalue weighted by molar-refractivity contribution is 7.91. The van der Waals surface area contributed by atoms with Crippen molar-refractivity contribution in [3.05, 3.63) is 71.7 Å². The summed E-state index contributed by atoms with van der Waals surface area (Å²) in [5.41, 5.74) is 2.66. The van der Waals surface area contributed by atoms with E-state index < -0.39 is 21.7 Å². The summed E-state index contributed by atoms with van der Waals surface area (Å²) >= 11 is 0. The Kier molecular flexibility index (Phi) is 5.38. The molecule has 0 unspecified atom stereocenters. The molecule has 9 nitrogen and oxygen atoms in total. The quantitative estimate of drug-likeness (QED) is 0.472. The maximum absolute atomic E-state index is 13.9. The molecule has 0 saturated carbocycles. The number of rotatable bonds is 6. The van der Waals surface area contributed by atoms with Crippen LogP contribution in [0.3, 0.4) is 0 Å². The van der Waals surface area contributed by atoms with Gasteiger partial charge in [-0.3, -0.25) is 10.0 Å². The molecular formula is C17H16FN5O4S. The lowest BCUT2D eigenvalue weighted by Gasteiger charge is -2.21. The van der Waals surface area contributed by atoms with Gasteiger partial charge in [0.25, 0.3) is 5.91 Å². The molecule has 0 aliphatic carbocycles. The monoisotopic (exact) mass is 405 g/mol. The predicted molar refractivity (Wildman–Crippen MR) is 97.9 cm³/mol. The minimum Gasteiger partial charge on any atom is -0.288 e. The van der Waals surface area contributed by atoms with E-state index in [0.29, 0.717) is 5.56 Å². The normalized spacial score (nSPS) is 11.2. The zero-order valence-corrected chi connectivity index (χ0v) is 15.5. The molecule has 3 aromatic rings. The number of carbonyl (C=O) groups is 1. The number of hydroxylamine groups is 1. The fourth-order valence-corrected chi connectivity index (χ4v) is 3.25. The van der Waals surface area contributed by atoms with Gasteiger partial charge in [-0.15, -0.1) is 9.89 Å². The van der Waals surface area contributed by atoms with E-state index in [4.69, 9.17) is 5.21 Å². The summed E-state index contributed by atoms with van der Waals surface area (Å²) in [5, 5.41) is 16.3. The van der Waals surface area contributed by atoms with E-state index >= 15 is 0 Å². The van der Waals surface area contributed by atoms with Gasteiger partial charge in [0.1, 0.15) is 11.5 Å². The van der Waals surface area contributed by atoms with Crippen LogP contribution in [0.25, 0.3) is 11.3 Å². The van der Waals surface area contributed by atoms with Crippen molar-refractivity contribution in [1.29, 1.82) is 0 Å². The van der Waals surface area contributed by atoms with Gasteiger partial charge in [0.2, 0.25) is 10.0 Å². The van der Waals surface area contributed by atoms with E-state index in [1.807, 2.05) is 0 Å². The molecular weight excluding hydrogens is 389 g/mol. The van der Waals surface area contributed by atoms with Gasteiger partial charge in [-0.25, -0.2) is 18.3 Å². The fraction of sp³-hybridized carbons (Fsp3) is 0.118. The molecule has 1 amide bonds. The van der Waals surface area contributed by atoms with Crippen LogP contribution >= 0.6 is 0 Å². The van der Waals surface area contributed by atoms with Crippen molar-refractivity contribution in [3.63, 3.8) is 0 Å². The average Bonchev–Trinajstić information content (AvgIpc) is 3.14. The summed E-state index contributed by atoms with van der Waals surface area (Å²) in [4.78, 5) is 12.4. The number of carbonyl (C=O) groups excluding carboxylic acids is 1. The highest BCUT2D eigenvalue weighted by Gasteiger charge is 2.21. The minimum absolute atomic E-state index is 0.0973. The molecule has 1 aromatic heterocycles. The van der Waals surface area contributed by atoms with Crippen LogP contribution < -0.4 is 9.89 Å². The summed E-state index contributed by atoms with van der Waals surface area (Å²) in [7, 11) is -3.75. The van der Waals surface area contributed by atoms with Crippen LogP contribution in [-0.4, -0.2) is 40.9 Å². The molecule has 2 aromatic carbocycles. The van der Waals surface area contributed by atoms with Crippen LogP contribution in [0.15, 0.2) is 54.7 Å². The van der Waals surface area contributed by atoms with Crippen LogP contribution in [0, 0.1) is 5.82 Å². The summed E-state index contributed by atoms with van der Waals surface area (Å²) in [5.74, 6) is -1.18. The van der Waals surface area contributed by atoms with Crippen LogP contribution in [0.4, 0.5) is 4.39 Å². The van der Waals surface area contributed by atoms with Gasteiger partial charge in [-0.1, -0.05) is 24.3 Å². The SMILES string of the molecule is CS(=O)(=O)N(Cc1ccc(C(=O)NO)cc1)n1cc(-c2ccccc2F)nn1. The fourth-order valence-electron chi connectivity index (χ4n) is 2.48. The van der Waals surface area contributed by atoms with Gasteiger partial charge in [0, 0.05) is 11.1 Å². The van der Waals surface area contributed by atoms with Crippen LogP contribution in [-0.2, 0) is 16.6 Å². The average molecular weight is 405 g/mol. The Morgan fingerprint density at radius 2 is 1.89 bits per heavy atom. The number of benzene rings is 2. The maximum Gasteiger partial charge on any atom is 0.274 e. The minimum atomic E-state index is -3.75. The first kappa shape index (κ1) is 19.5. The van der Waals surface area contributed by atoms with Crippen LogP contribution in [0.1, 0.15) is 15.9 Å². The third-order valence-electron chi connectivity index (χ3n) is 3.88. The number of nitrogens with zero attached hydrogens (tertiary/aromatic N) is 4. The van der Waals surface area contributed by atoms with E-state index in [9.17, 15) is 17.6 Å². The summed E-state index contributed by atoms with van der Waals surface area (Å²) in [6.07, 6.45) is 2.32. The third-order valence-corrected chi connectivity index (χ3v) is 4.94. The first-order chi connectivity index (χ1) is 13.3. The molecule has 0 saturated heterocycles. The highest BCUT2D eigenvalue weighted by Crippen LogP contribution is 2.20. The molecule has 0 fully saturated rings. The van der Waals surface area contributed by atoms with Gasteiger partial charge in [-0.05, 0) is 35.0 Å². The molecule has 2 N–H and O–H groups in total. The molecule has 28 heavy (non-hydrogen) atoms. The summed E-state index contributed by atoms with van der Waals surface area (Å²) in [6, 6.07) is 11.9. The van der Waals surface area contributed by atoms with Crippen LogP contribution in [0.2, 0.25) is 0 Å². The Balaban J connectivity index is 1.90. The van der Waals surface area contributed by atoms with Crippen molar-refractivity contribution in [2.45, 2.75) is 6.54 Å². The Labute approximate surface area is 160 Å².